The summed E-state index contributed by atoms with van der Waals surface area (Å²) in [6, 6.07) is 15.6. The van der Waals surface area contributed by atoms with Crippen LogP contribution in [0.25, 0.3) is 0 Å². The number of hydrogen-bond acceptors (Lipinski definition) is 6. The van der Waals surface area contributed by atoms with Crippen molar-refractivity contribution in [2.24, 2.45) is 0 Å². The smallest absolute Gasteiger partial charge is 0.247 e. The van der Waals surface area contributed by atoms with E-state index in [0.29, 0.717) is 11.5 Å². The molecule has 0 unspecified atom stereocenters. The summed E-state index contributed by atoms with van der Waals surface area (Å²) in [6.45, 7) is 4.80. The summed E-state index contributed by atoms with van der Waals surface area (Å²) >= 11 is 0. The second kappa shape index (κ2) is 8.08. The van der Waals surface area contributed by atoms with Crippen molar-refractivity contribution >= 4 is 11.8 Å². The SMILES string of the molecule is O=C1C[C@@H](N2CCN(Cc3ccccc3)CC2)C(=O)N1Cc1ccc2c(c1)OCO2. The van der Waals surface area contributed by atoms with Crippen LogP contribution in [-0.2, 0) is 22.7 Å². The molecule has 0 N–H and O–H groups in total. The summed E-state index contributed by atoms with van der Waals surface area (Å²) in [5.74, 6) is 1.17. The molecule has 7 nitrogen and oxygen atoms in total. The topological polar surface area (TPSA) is 62.3 Å². The summed E-state index contributed by atoms with van der Waals surface area (Å²) in [5.41, 5.74) is 2.17. The van der Waals surface area contributed by atoms with E-state index in [1.54, 1.807) is 0 Å². The number of hydrogen-bond donors (Lipinski definition) is 0. The van der Waals surface area contributed by atoms with Crippen LogP contribution in [0, 0.1) is 0 Å². The molecule has 3 aliphatic heterocycles. The first kappa shape index (κ1) is 19.1. The molecule has 2 fully saturated rings. The Labute approximate surface area is 175 Å². The molecule has 3 aliphatic rings. The third-order valence-electron chi connectivity index (χ3n) is 6.09. The number of fused-ring (bicyclic) bond motifs is 1. The van der Waals surface area contributed by atoms with Crippen LogP contribution in [-0.4, -0.2) is 65.5 Å². The molecule has 5 rings (SSSR count). The molecule has 2 aromatic rings. The van der Waals surface area contributed by atoms with Crippen LogP contribution in [0.5, 0.6) is 11.5 Å². The highest BCUT2D eigenvalue weighted by Crippen LogP contribution is 2.33. The van der Waals surface area contributed by atoms with Crippen molar-refractivity contribution in [3.63, 3.8) is 0 Å². The lowest BCUT2D eigenvalue weighted by atomic mass is 10.1. The van der Waals surface area contributed by atoms with E-state index in [1.165, 1.54) is 10.5 Å². The molecule has 2 saturated heterocycles. The molecule has 30 heavy (non-hydrogen) atoms. The van der Waals surface area contributed by atoms with E-state index in [1.807, 2.05) is 24.3 Å². The van der Waals surface area contributed by atoms with Gasteiger partial charge in [0.1, 0.15) is 0 Å². The van der Waals surface area contributed by atoms with Crippen molar-refractivity contribution < 1.29 is 19.1 Å². The molecule has 0 aliphatic carbocycles. The summed E-state index contributed by atoms with van der Waals surface area (Å²) in [4.78, 5) is 31.6. The number of ether oxygens (including phenoxy) is 2. The number of imide groups is 1. The summed E-state index contributed by atoms with van der Waals surface area (Å²) in [5, 5.41) is 0. The van der Waals surface area contributed by atoms with Gasteiger partial charge in [-0.15, -0.1) is 0 Å². The van der Waals surface area contributed by atoms with Crippen molar-refractivity contribution in [2.45, 2.75) is 25.6 Å². The molecule has 0 saturated carbocycles. The second-order valence-electron chi connectivity index (χ2n) is 8.02. The van der Waals surface area contributed by atoms with E-state index in [2.05, 4.69) is 34.1 Å². The predicted molar refractivity (Wildman–Crippen MR) is 110 cm³/mol. The van der Waals surface area contributed by atoms with Gasteiger partial charge in [-0.2, -0.15) is 0 Å². The van der Waals surface area contributed by atoms with Gasteiger partial charge in [-0.3, -0.25) is 24.3 Å². The lowest BCUT2D eigenvalue weighted by Gasteiger charge is -2.37. The highest BCUT2D eigenvalue weighted by Gasteiger charge is 2.42. The first-order chi connectivity index (χ1) is 14.7. The van der Waals surface area contributed by atoms with Crippen molar-refractivity contribution in [3.05, 3.63) is 59.7 Å². The number of likely N-dealkylation sites (tertiary alicyclic amines) is 1. The van der Waals surface area contributed by atoms with E-state index in [9.17, 15) is 9.59 Å². The van der Waals surface area contributed by atoms with E-state index in [-0.39, 0.29) is 37.6 Å². The maximum atomic E-state index is 13.0. The summed E-state index contributed by atoms with van der Waals surface area (Å²) < 4.78 is 10.7. The standard InChI is InChI=1S/C23H25N3O4/c27-22-13-19(25-10-8-24(9-11-25)14-17-4-2-1-3-5-17)23(28)26(22)15-18-6-7-20-21(12-18)30-16-29-20/h1-7,12,19H,8-11,13-16H2/t19-/m1/s1. The molecule has 0 radical (unpaired) electrons. The quantitative estimate of drug-likeness (QED) is 0.705. The van der Waals surface area contributed by atoms with Gasteiger partial charge >= 0.3 is 0 Å². The van der Waals surface area contributed by atoms with Crippen molar-refractivity contribution in [1.82, 2.24) is 14.7 Å². The molecule has 2 amide bonds. The van der Waals surface area contributed by atoms with Crippen LogP contribution in [0.3, 0.4) is 0 Å². The molecule has 0 bridgehead atoms. The third kappa shape index (κ3) is 3.78. The zero-order valence-electron chi connectivity index (χ0n) is 16.8. The Hall–Kier alpha value is -2.90. The Morgan fingerprint density at radius 1 is 0.833 bits per heavy atom. The molecule has 156 valence electrons. The highest BCUT2D eigenvalue weighted by molar-refractivity contribution is 6.05. The monoisotopic (exact) mass is 407 g/mol. The lowest BCUT2D eigenvalue weighted by Crippen LogP contribution is -2.52. The van der Waals surface area contributed by atoms with Crippen molar-refractivity contribution in [1.29, 1.82) is 0 Å². The normalized spacial score (nSPS) is 22.1. The molecule has 1 atom stereocenters. The Balaban J connectivity index is 1.19. The van der Waals surface area contributed by atoms with Gasteiger partial charge in [0.15, 0.2) is 11.5 Å². The molecule has 7 heteroatoms. The molecule has 3 heterocycles. The van der Waals surface area contributed by atoms with Gasteiger partial charge in [0.05, 0.1) is 19.0 Å². The maximum absolute atomic E-state index is 13.0. The molecular formula is C23H25N3O4. The number of piperazine rings is 1. The number of carbonyl (C=O) groups is 2. The van der Waals surface area contributed by atoms with Gasteiger partial charge in [0.25, 0.3) is 0 Å². The Morgan fingerprint density at radius 2 is 1.60 bits per heavy atom. The van der Waals surface area contributed by atoms with Gasteiger partial charge in [0.2, 0.25) is 18.6 Å². The fourth-order valence-corrected chi connectivity index (χ4v) is 4.41. The average molecular weight is 407 g/mol. The Kier molecular flexibility index (Phi) is 5.14. The van der Waals surface area contributed by atoms with Gasteiger partial charge in [-0.25, -0.2) is 0 Å². The Morgan fingerprint density at radius 3 is 2.40 bits per heavy atom. The van der Waals surface area contributed by atoms with Gasteiger partial charge in [0, 0.05) is 32.7 Å². The zero-order chi connectivity index (χ0) is 20.5. The second-order valence-corrected chi connectivity index (χ2v) is 8.02. The fourth-order valence-electron chi connectivity index (χ4n) is 4.41. The number of nitrogens with zero attached hydrogens (tertiary/aromatic N) is 3. The first-order valence-corrected chi connectivity index (χ1v) is 10.4. The van der Waals surface area contributed by atoms with Crippen LogP contribution in [0.2, 0.25) is 0 Å². The summed E-state index contributed by atoms with van der Waals surface area (Å²) in [6.07, 6.45) is 0.266. The van der Waals surface area contributed by atoms with Gasteiger partial charge in [-0.1, -0.05) is 36.4 Å². The first-order valence-electron chi connectivity index (χ1n) is 10.4. The highest BCUT2D eigenvalue weighted by atomic mass is 16.7. The van der Waals surface area contributed by atoms with Crippen LogP contribution >= 0.6 is 0 Å². The zero-order valence-corrected chi connectivity index (χ0v) is 16.8. The van der Waals surface area contributed by atoms with Crippen LogP contribution in [0.4, 0.5) is 0 Å². The van der Waals surface area contributed by atoms with E-state index < -0.39 is 0 Å². The summed E-state index contributed by atoms with van der Waals surface area (Å²) in [7, 11) is 0. The van der Waals surface area contributed by atoms with Crippen LogP contribution in [0.1, 0.15) is 17.5 Å². The third-order valence-corrected chi connectivity index (χ3v) is 6.09. The van der Waals surface area contributed by atoms with Crippen LogP contribution < -0.4 is 9.47 Å². The molecule has 0 aromatic heterocycles. The van der Waals surface area contributed by atoms with Crippen molar-refractivity contribution in [3.8, 4) is 11.5 Å². The maximum Gasteiger partial charge on any atom is 0.247 e. The van der Waals surface area contributed by atoms with Crippen LogP contribution in [0.15, 0.2) is 48.5 Å². The number of amides is 2. The fraction of sp³-hybridized carbons (Fsp3) is 0.391. The molecule has 0 spiro atoms. The number of carbonyl (C=O) groups excluding carboxylic acids is 2. The number of benzene rings is 2. The van der Waals surface area contributed by atoms with Crippen molar-refractivity contribution in [2.75, 3.05) is 33.0 Å². The Bertz CT molecular complexity index is 941. The van der Waals surface area contributed by atoms with Gasteiger partial charge < -0.3 is 9.47 Å². The molecular weight excluding hydrogens is 382 g/mol. The lowest BCUT2D eigenvalue weighted by molar-refractivity contribution is -0.140. The minimum atomic E-state index is -0.342. The largest absolute Gasteiger partial charge is 0.454 e. The molecule has 2 aromatic carbocycles. The van der Waals surface area contributed by atoms with E-state index >= 15 is 0 Å². The minimum Gasteiger partial charge on any atom is -0.454 e. The van der Waals surface area contributed by atoms with E-state index in [0.717, 1.165) is 38.3 Å². The number of rotatable bonds is 5. The minimum absolute atomic E-state index is 0.0887. The predicted octanol–water partition coefficient (Wildman–Crippen LogP) is 1.86. The average Bonchev–Trinajstić information content (AvgIpc) is 3.34. The van der Waals surface area contributed by atoms with E-state index in [4.69, 9.17) is 9.47 Å². The van der Waals surface area contributed by atoms with Gasteiger partial charge in [-0.05, 0) is 23.3 Å².